The molecule has 1 fully saturated rings. The van der Waals surface area contributed by atoms with E-state index in [2.05, 4.69) is 14.8 Å². The van der Waals surface area contributed by atoms with Gasteiger partial charge in [-0.05, 0) is 31.5 Å². The molecule has 11 heteroatoms. The lowest BCUT2D eigenvalue weighted by atomic mass is 9.92. The highest BCUT2D eigenvalue weighted by atomic mass is 19.3. The van der Waals surface area contributed by atoms with E-state index in [0.29, 0.717) is 10.5 Å². The molecule has 1 aromatic carbocycles. The third-order valence-electron chi connectivity index (χ3n) is 3.75. The number of halogens is 2. The number of amides is 5. The van der Waals surface area contributed by atoms with Gasteiger partial charge in [0.2, 0.25) is 5.91 Å². The maximum atomic E-state index is 12.6. The molecule has 5 amide bonds. The molecule has 0 aromatic heterocycles. The minimum atomic E-state index is -2.99. The number of carbonyl (C=O) groups excluding carboxylic acids is 4. The summed E-state index contributed by atoms with van der Waals surface area (Å²) < 4.78 is 33.2. The Hall–Kier alpha value is -3.24. The molecular formula is C16H17F2N3O6. The van der Waals surface area contributed by atoms with E-state index in [1.165, 1.54) is 31.2 Å². The lowest BCUT2D eigenvalue weighted by Gasteiger charge is -2.22. The van der Waals surface area contributed by atoms with Crippen LogP contribution < -0.4 is 15.4 Å². The van der Waals surface area contributed by atoms with E-state index in [-0.39, 0.29) is 12.4 Å². The van der Waals surface area contributed by atoms with Crippen LogP contribution in [0.1, 0.15) is 19.4 Å². The van der Waals surface area contributed by atoms with Crippen LogP contribution in [0.4, 0.5) is 18.4 Å². The second-order valence-electron chi connectivity index (χ2n) is 5.62. The fraction of sp³-hybridized carbons (Fsp3) is 0.375. The maximum Gasteiger partial charge on any atom is 0.413 e. The number of nitrogens with one attached hydrogen (secondary N) is 2. The average Bonchev–Trinajstić information content (AvgIpc) is 2.79. The number of nitrogens with zero attached hydrogens (tertiary/aromatic N) is 1. The van der Waals surface area contributed by atoms with E-state index in [1.807, 2.05) is 5.32 Å². The fourth-order valence-corrected chi connectivity index (χ4v) is 2.47. The average molecular weight is 385 g/mol. The van der Waals surface area contributed by atoms with Gasteiger partial charge in [-0.2, -0.15) is 8.78 Å². The van der Waals surface area contributed by atoms with Gasteiger partial charge in [0.15, 0.2) is 0 Å². The molecule has 146 valence electrons. The monoisotopic (exact) mass is 385 g/mol. The number of alkyl halides is 2. The predicted octanol–water partition coefficient (Wildman–Crippen LogP) is 1.33. The van der Waals surface area contributed by atoms with Crippen LogP contribution in [0.15, 0.2) is 24.3 Å². The van der Waals surface area contributed by atoms with E-state index in [0.717, 1.165) is 0 Å². The first kappa shape index (κ1) is 20.1. The summed E-state index contributed by atoms with van der Waals surface area (Å²) in [5.74, 6) is -1.75. The van der Waals surface area contributed by atoms with Gasteiger partial charge >= 0.3 is 18.7 Å². The molecule has 1 heterocycles. The van der Waals surface area contributed by atoms with Crippen LogP contribution >= 0.6 is 0 Å². The van der Waals surface area contributed by atoms with E-state index in [4.69, 9.17) is 0 Å². The van der Waals surface area contributed by atoms with Gasteiger partial charge in [-0.1, -0.05) is 12.1 Å². The van der Waals surface area contributed by atoms with Gasteiger partial charge in [0, 0.05) is 0 Å². The Bertz CT molecular complexity index is 755. The van der Waals surface area contributed by atoms with E-state index in [9.17, 15) is 28.0 Å². The first-order valence-corrected chi connectivity index (χ1v) is 7.83. The van der Waals surface area contributed by atoms with Gasteiger partial charge in [0.25, 0.3) is 5.91 Å². The molecule has 0 aliphatic carbocycles. The zero-order valence-electron chi connectivity index (χ0n) is 14.5. The second kappa shape index (κ2) is 7.98. The molecule has 0 unspecified atom stereocenters. The minimum Gasteiger partial charge on any atom is -0.450 e. The van der Waals surface area contributed by atoms with Crippen molar-refractivity contribution in [2.24, 2.45) is 0 Å². The maximum absolute atomic E-state index is 12.6. The molecule has 0 spiro atoms. The molecule has 27 heavy (non-hydrogen) atoms. The van der Waals surface area contributed by atoms with Gasteiger partial charge in [-0.3, -0.25) is 19.8 Å². The number of carbonyl (C=O) groups is 4. The first-order valence-electron chi connectivity index (χ1n) is 7.83. The highest BCUT2D eigenvalue weighted by Gasteiger charge is 2.49. The third-order valence-corrected chi connectivity index (χ3v) is 3.75. The SMILES string of the molecule is CCOC(=O)NC(=O)CN1C(=O)N[C@@](C)(c2ccc(OC(F)F)cc2)C1=O. The normalized spacial score (nSPS) is 19.1. The van der Waals surface area contributed by atoms with Gasteiger partial charge in [0.05, 0.1) is 6.61 Å². The summed E-state index contributed by atoms with van der Waals surface area (Å²) in [6.45, 7) is -0.686. The van der Waals surface area contributed by atoms with Crippen molar-refractivity contribution < 1.29 is 37.4 Å². The summed E-state index contributed by atoms with van der Waals surface area (Å²) >= 11 is 0. The van der Waals surface area contributed by atoms with Gasteiger partial charge < -0.3 is 14.8 Å². The molecule has 0 radical (unpaired) electrons. The molecule has 0 saturated carbocycles. The van der Waals surface area contributed by atoms with Crippen LogP contribution in [-0.4, -0.2) is 48.6 Å². The lowest BCUT2D eigenvalue weighted by Crippen LogP contribution is -2.44. The van der Waals surface area contributed by atoms with E-state index in [1.54, 1.807) is 6.92 Å². The molecule has 1 aliphatic heterocycles. The van der Waals surface area contributed by atoms with Crippen molar-refractivity contribution in [2.45, 2.75) is 26.0 Å². The van der Waals surface area contributed by atoms with Gasteiger partial charge in [-0.15, -0.1) is 0 Å². The number of hydrogen-bond donors (Lipinski definition) is 2. The van der Waals surface area contributed by atoms with Crippen molar-refractivity contribution in [1.82, 2.24) is 15.5 Å². The Morgan fingerprint density at radius 2 is 1.89 bits per heavy atom. The summed E-state index contributed by atoms with van der Waals surface area (Å²) in [4.78, 5) is 48.4. The molecule has 9 nitrogen and oxygen atoms in total. The Kier molecular flexibility index (Phi) is 5.93. The van der Waals surface area contributed by atoms with Gasteiger partial charge in [-0.25, -0.2) is 9.59 Å². The highest BCUT2D eigenvalue weighted by Crippen LogP contribution is 2.30. The number of ether oxygens (including phenoxy) is 2. The van der Waals surface area contributed by atoms with E-state index < -0.39 is 42.6 Å². The summed E-state index contributed by atoms with van der Waals surface area (Å²) in [6.07, 6.45) is -0.994. The number of urea groups is 1. The zero-order valence-corrected chi connectivity index (χ0v) is 14.5. The Balaban J connectivity index is 2.11. The summed E-state index contributed by atoms with van der Waals surface area (Å²) in [6, 6.07) is 4.30. The molecule has 1 atom stereocenters. The number of alkyl carbamates (subject to hydrolysis) is 1. The largest absolute Gasteiger partial charge is 0.450 e. The van der Waals surface area contributed by atoms with Crippen LogP contribution in [-0.2, 0) is 19.9 Å². The fourth-order valence-electron chi connectivity index (χ4n) is 2.47. The lowest BCUT2D eigenvalue weighted by molar-refractivity contribution is -0.134. The highest BCUT2D eigenvalue weighted by molar-refractivity contribution is 6.09. The van der Waals surface area contributed by atoms with Crippen LogP contribution in [0.25, 0.3) is 0 Å². The number of hydrogen-bond acceptors (Lipinski definition) is 6. The number of benzene rings is 1. The van der Waals surface area contributed by atoms with Crippen molar-refractivity contribution in [2.75, 3.05) is 13.2 Å². The van der Waals surface area contributed by atoms with Crippen LogP contribution in [0.5, 0.6) is 5.75 Å². The molecule has 2 rings (SSSR count). The standard InChI is InChI=1S/C16H17F2N3O6/c1-3-26-15(25)19-11(22)8-21-12(23)16(2,20-14(21)24)9-4-6-10(7-5-9)27-13(17)18/h4-7,13H,3,8H2,1-2H3,(H,20,24)(H,19,22,25)/t16-/m0/s1. The summed E-state index contributed by atoms with van der Waals surface area (Å²) in [7, 11) is 0. The van der Waals surface area contributed by atoms with Crippen LogP contribution in [0.2, 0.25) is 0 Å². The number of rotatable bonds is 6. The molecule has 1 aliphatic rings. The molecule has 0 bridgehead atoms. The van der Waals surface area contributed by atoms with E-state index >= 15 is 0 Å². The molecule has 2 N–H and O–H groups in total. The topological polar surface area (TPSA) is 114 Å². The van der Waals surface area contributed by atoms with Crippen LogP contribution in [0.3, 0.4) is 0 Å². The zero-order chi connectivity index (χ0) is 20.2. The van der Waals surface area contributed by atoms with Crippen LogP contribution in [0, 0.1) is 0 Å². The number of imide groups is 2. The third kappa shape index (κ3) is 4.49. The second-order valence-corrected chi connectivity index (χ2v) is 5.62. The molecule has 1 aromatic rings. The first-order chi connectivity index (χ1) is 12.7. The van der Waals surface area contributed by atoms with Crippen molar-refractivity contribution in [3.8, 4) is 5.75 Å². The quantitative estimate of drug-likeness (QED) is 0.714. The van der Waals surface area contributed by atoms with Crippen molar-refractivity contribution in [3.63, 3.8) is 0 Å². The minimum absolute atomic E-state index is 0.0472. The molecule has 1 saturated heterocycles. The van der Waals surface area contributed by atoms with Crippen molar-refractivity contribution in [3.05, 3.63) is 29.8 Å². The summed E-state index contributed by atoms with van der Waals surface area (Å²) in [5, 5.41) is 4.32. The van der Waals surface area contributed by atoms with Gasteiger partial charge in [0.1, 0.15) is 17.8 Å². The van der Waals surface area contributed by atoms with Crippen molar-refractivity contribution in [1.29, 1.82) is 0 Å². The molecular weight excluding hydrogens is 368 g/mol. The Labute approximate surface area is 152 Å². The Morgan fingerprint density at radius 3 is 2.44 bits per heavy atom. The smallest absolute Gasteiger partial charge is 0.413 e. The Morgan fingerprint density at radius 1 is 1.26 bits per heavy atom. The van der Waals surface area contributed by atoms with Crippen molar-refractivity contribution >= 4 is 23.9 Å². The predicted molar refractivity (Wildman–Crippen MR) is 85.8 cm³/mol. The summed E-state index contributed by atoms with van der Waals surface area (Å²) in [5.41, 5.74) is -1.21.